The minimum absolute atomic E-state index is 0.425. The molecule has 1 aromatic rings. The van der Waals surface area contributed by atoms with E-state index in [2.05, 4.69) is 58.0 Å². The summed E-state index contributed by atoms with van der Waals surface area (Å²) in [4.78, 5) is 0. The van der Waals surface area contributed by atoms with Crippen LogP contribution in [0.5, 0.6) is 0 Å². The minimum Gasteiger partial charge on any atom is -0.0654 e. The number of hydrogen-bond donors (Lipinski definition) is 0. The van der Waals surface area contributed by atoms with E-state index in [0.29, 0.717) is 10.8 Å². The minimum atomic E-state index is 0.425. The van der Waals surface area contributed by atoms with Gasteiger partial charge in [-0.25, -0.2) is 0 Å². The predicted molar refractivity (Wildman–Crippen MR) is 84.4 cm³/mol. The highest BCUT2D eigenvalue weighted by Crippen LogP contribution is 2.52. The summed E-state index contributed by atoms with van der Waals surface area (Å²) in [7, 11) is 0. The fraction of sp³-hybridized carbons (Fsp3) is 0.684. The van der Waals surface area contributed by atoms with Crippen molar-refractivity contribution in [2.24, 2.45) is 11.3 Å². The van der Waals surface area contributed by atoms with Gasteiger partial charge in [0.25, 0.3) is 0 Å². The van der Waals surface area contributed by atoms with Crippen molar-refractivity contribution in [2.45, 2.75) is 71.6 Å². The monoisotopic (exact) mass is 258 g/mol. The topological polar surface area (TPSA) is 0 Å². The Balaban J connectivity index is 2.21. The molecule has 0 unspecified atom stereocenters. The average molecular weight is 258 g/mol. The molecule has 0 radical (unpaired) electrons. The molecule has 0 atom stereocenters. The molecule has 0 amide bonds. The molecule has 1 aromatic carbocycles. The fourth-order valence-corrected chi connectivity index (χ4v) is 4.12. The zero-order valence-electron chi connectivity index (χ0n) is 13.2. The van der Waals surface area contributed by atoms with Crippen LogP contribution in [-0.2, 0) is 5.41 Å². The van der Waals surface area contributed by atoms with E-state index in [0.717, 1.165) is 5.92 Å². The van der Waals surface area contributed by atoms with E-state index < -0.39 is 0 Å². The highest BCUT2D eigenvalue weighted by Gasteiger charge is 2.42. The molecule has 0 saturated heterocycles. The molecule has 0 aromatic heterocycles. The maximum Gasteiger partial charge on any atom is -0.00236 e. The first-order valence-electron chi connectivity index (χ1n) is 8.08. The number of rotatable bonds is 4. The Labute approximate surface area is 119 Å². The number of benzene rings is 1. The lowest BCUT2D eigenvalue weighted by Gasteiger charge is -2.48. The van der Waals surface area contributed by atoms with Crippen molar-refractivity contribution in [2.75, 3.05) is 0 Å². The van der Waals surface area contributed by atoms with Crippen LogP contribution in [0.25, 0.3) is 0 Å². The largest absolute Gasteiger partial charge is 0.0654 e. The van der Waals surface area contributed by atoms with Crippen LogP contribution in [0.15, 0.2) is 30.3 Å². The molecule has 0 aliphatic heterocycles. The van der Waals surface area contributed by atoms with Crippen molar-refractivity contribution >= 4 is 0 Å². The Kier molecular flexibility index (Phi) is 4.38. The van der Waals surface area contributed by atoms with Gasteiger partial charge in [-0.2, -0.15) is 0 Å². The average Bonchev–Trinajstić information content (AvgIpc) is 2.41. The van der Waals surface area contributed by atoms with Crippen LogP contribution in [0.3, 0.4) is 0 Å². The third-order valence-corrected chi connectivity index (χ3v) is 5.66. The second kappa shape index (κ2) is 5.69. The summed E-state index contributed by atoms with van der Waals surface area (Å²) in [5.41, 5.74) is 2.60. The summed E-state index contributed by atoms with van der Waals surface area (Å²) >= 11 is 0. The second-order valence-corrected chi connectivity index (χ2v) is 7.24. The van der Waals surface area contributed by atoms with Crippen molar-refractivity contribution in [3.05, 3.63) is 35.9 Å². The molecule has 1 saturated carbocycles. The van der Waals surface area contributed by atoms with Crippen LogP contribution in [0.4, 0.5) is 0 Å². The molecular formula is C19H30. The normalized spacial score (nSPS) is 31.6. The van der Waals surface area contributed by atoms with Crippen molar-refractivity contribution < 1.29 is 0 Å². The van der Waals surface area contributed by atoms with Gasteiger partial charge in [0.1, 0.15) is 0 Å². The van der Waals surface area contributed by atoms with E-state index in [1.165, 1.54) is 38.5 Å². The molecule has 0 heterocycles. The Bertz CT molecular complexity index is 380. The van der Waals surface area contributed by atoms with Crippen molar-refractivity contribution in [1.29, 1.82) is 0 Å². The van der Waals surface area contributed by atoms with Gasteiger partial charge in [-0.15, -0.1) is 0 Å². The van der Waals surface area contributed by atoms with Gasteiger partial charge in [0.2, 0.25) is 0 Å². The van der Waals surface area contributed by atoms with Gasteiger partial charge < -0.3 is 0 Å². The van der Waals surface area contributed by atoms with Crippen LogP contribution < -0.4 is 0 Å². The van der Waals surface area contributed by atoms with E-state index in [1.807, 2.05) is 0 Å². The third-order valence-electron chi connectivity index (χ3n) is 5.66. The molecule has 1 fully saturated rings. The van der Waals surface area contributed by atoms with Crippen molar-refractivity contribution in [1.82, 2.24) is 0 Å². The Hall–Kier alpha value is -0.780. The highest BCUT2D eigenvalue weighted by atomic mass is 14.5. The summed E-state index contributed by atoms with van der Waals surface area (Å²) in [5, 5.41) is 0. The van der Waals surface area contributed by atoms with Crippen LogP contribution in [0.1, 0.15) is 71.8 Å². The van der Waals surface area contributed by atoms with Gasteiger partial charge in [-0.1, -0.05) is 64.4 Å². The smallest absolute Gasteiger partial charge is 0.00236 e. The molecular weight excluding hydrogens is 228 g/mol. The summed E-state index contributed by atoms with van der Waals surface area (Å²) in [5.74, 6) is 0.737. The molecule has 106 valence electrons. The predicted octanol–water partition coefficient (Wildman–Crippen LogP) is 5.96. The van der Waals surface area contributed by atoms with Crippen LogP contribution >= 0.6 is 0 Å². The zero-order chi connectivity index (χ0) is 13.9. The molecule has 0 bridgehead atoms. The first-order chi connectivity index (χ1) is 9.02. The van der Waals surface area contributed by atoms with Crippen LogP contribution in [-0.4, -0.2) is 0 Å². The fourth-order valence-electron chi connectivity index (χ4n) is 4.12. The third kappa shape index (κ3) is 2.88. The Morgan fingerprint density at radius 1 is 1.00 bits per heavy atom. The standard InChI is InChI=1S/C19H30/c1-5-11-18(4)12-14-19(15-13-18,16(2)3)17-9-7-6-8-10-17/h6-10,16H,5,11-15H2,1-4H3. The first kappa shape index (κ1) is 14.6. The molecule has 0 heteroatoms. The van der Waals surface area contributed by atoms with Gasteiger partial charge in [0.15, 0.2) is 0 Å². The summed E-state index contributed by atoms with van der Waals surface area (Å²) < 4.78 is 0. The lowest BCUT2D eigenvalue weighted by molar-refractivity contribution is 0.103. The second-order valence-electron chi connectivity index (χ2n) is 7.24. The lowest BCUT2D eigenvalue weighted by Crippen LogP contribution is -2.39. The van der Waals surface area contributed by atoms with E-state index >= 15 is 0 Å². The molecule has 0 spiro atoms. The maximum absolute atomic E-state index is 2.51. The molecule has 0 nitrogen and oxygen atoms in total. The van der Waals surface area contributed by atoms with Crippen molar-refractivity contribution in [3.8, 4) is 0 Å². The highest BCUT2D eigenvalue weighted by molar-refractivity contribution is 5.27. The van der Waals surface area contributed by atoms with E-state index in [1.54, 1.807) is 5.56 Å². The Morgan fingerprint density at radius 3 is 2.05 bits per heavy atom. The van der Waals surface area contributed by atoms with Crippen LogP contribution in [0.2, 0.25) is 0 Å². The van der Waals surface area contributed by atoms with E-state index in [-0.39, 0.29) is 0 Å². The molecule has 19 heavy (non-hydrogen) atoms. The van der Waals surface area contributed by atoms with E-state index in [4.69, 9.17) is 0 Å². The van der Waals surface area contributed by atoms with Gasteiger partial charge in [-0.3, -0.25) is 0 Å². The molecule has 1 aliphatic rings. The summed E-state index contributed by atoms with van der Waals surface area (Å²) in [6.07, 6.45) is 8.25. The molecule has 2 rings (SSSR count). The zero-order valence-corrected chi connectivity index (χ0v) is 13.2. The van der Waals surface area contributed by atoms with Gasteiger partial charge in [0, 0.05) is 0 Å². The SMILES string of the molecule is CCCC1(C)CCC(c2ccccc2)(C(C)C)CC1. The van der Waals surface area contributed by atoms with Crippen LogP contribution in [0, 0.1) is 11.3 Å². The van der Waals surface area contributed by atoms with Gasteiger partial charge in [0.05, 0.1) is 0 Å². The summed E-state index contributed by atoms with van der Waals surface area (Å²) in [6.45, 7) is 9.66. The van der Waals surface area contributed by atoms with E-state index in [9.17, 15) is 0 Å². The maximum atomic E-state index is 2.51. The first-order valence-corrected chi connectivity index (χ1v) is 8.08. The Morgan fingerprint density at radius 2 is 1.58 bits per heavy atom. The van der Waals surface area contributed by atoms with Gasteiger partial charge >= 0.3 is 0 Å². The quantitative estimate of drug-likeness (QED) is 0.625. The molecule has 0 N–H and O–H groups in total. The number of hydrogen-bond acceptors (Lipinski definition) is 0. The molecule has 1 aliphatic carbocycles. The van der Waals surface area contributed by atoms with Gasteiger partial charge in [-0.05, 0) is 54.4 Å². The summed E-state index contributed by atoms with van der Waals surface area (Å²) in [6, 6.07) is 11.3. The lowest BCUT2D eigenvalue weighted by atomic mass is 9.57. The van der Waals surface area contributed by atoms with Crippen molar-refractivity contribution in [3.63, 3.8) is 0 Å².